The maximum Gasteiger partial charge on any atom is 0.271 e. The molecule has 1 aromatic carbocycles. The molecule has 2 heterocycles. The highest BCUT2D eigenvalue weighted by Gasteiger charge is 2.12. The van der Waals surface area contributed by atoms with Crippen LogP contribution in [-0.4, -0.2) is 20.3 Å². The van der Waals surface area contributed by atoms with E-state index in [1.54, 1.807) is 6.07 Å². The highest BCUT2D eigenvalue weighted by Crippen LogP contribution is 2.14. The SMILES string of the molecule is CCc1ccc(Cc2nc3nonc3[nH]c2=O)c(F)c1. The molecule has 0 atom stereocenters. The van der Waals surface area contributed by atoms with Crippen molar-refractivity contribution in [3.05, 3.63) is 51.2 Å². The average molecular weight is 274 g/mol. The van der Waals surface area contributed by atoms with Crippen LogP contribution in [0.3, 0.4) is 0 Å². The maximum atomic E-state index is 13.9. The third-order valence-corrected chi connectivity index (χ3v) is 3.09. The summed E-state index contributed by atoms with van der Waals surface area (Å²) in [6, 6.07) is 4.98. The van der Waals surface area contributed by atoms with Gasteiger partial charge < -0.3 is 0 Å². The lowest BCUT2D eigenvalue weighted by Crippen LogP contribution is -2.16. The molecule has 1 N–H and O–H groups in total. The summed E-state index contributed by atoms with van der Waals surface area (Å²) in [4.78, 5) is 18.3. The molecule has 6 nitrogen and oxygen atoms in total. The summed E-state index contributed by atoms with van der Waals surface area (Å²) < 4.78 is 18.4. The fraction of sp³-hybridized carbons (Fsp3) is 0.231. The number of benzene rings is 1. The Balaban J connectivity index is 2.00. The second-order valence-corrected chi connectivity index (χ2v) is 4.41. The van der Waals surface area contributed by atoms with Crippen LogP contribution in [0.4, 0.5) is 4.39 Å². The molecular weight excluding hydrogens is 263 g/mol. The van der Waals surface area contributed by atoms with Crippen LogP contribution in [0.5, 0.6) is 0 Å². The summed E-state index contributed by atoms with van der Waals surface area (Å²) >= 11 is 0. The third-order valence-electron chi connectivity index (χ3n) is 3.09. The van der Waals surface area contributed by atoms with Crippen LogP contribution in [-0.2, 0) is 12.8 Å². The minimum atomic E-state index is -0.424. The summed E-state index contributed by atoms with van der Waals surface area (Å²) in [7, 11) is 0. The van der Waals surface area contributed by atoms with E-state index in [1.165, 1.54) is 6.07 Å². The number of fused-ring (bicyclic) bond motifs is 1. The second kappa shape index (κ2) is 4.84. The van der Waals surface area contributed by atoms with Crippen molar-refractivity contribution in [3.63, 3.8) is 0 Å². The van der Waals surface area contributed by atoms with Gasteiger partial charge in [-0.25, -0.2) is 14.0 Å². The minimum absolute atomic E-state index is 0.0912. The van der Waals surface area contributed by atoms with Crippen molar-refractivity contribution in [2.45, 2.75) is 19.8 Å². The van der Waals surface area contributed by atoms with E-state index in [0.29, 0.717) is 5.56 Å². The molecule has 0 bridgehead atoms. The van der Waals surface area contributed by atoms with E-state index in [1.807, 2.05) is 13.0 Å². The first-order valence-corrected chi connectivity index (χ1v) is 6.16. The number of halogens is 1. The zero-order valence-corrected chi connectivity index (χ0v) is 10.7. The van der Waals surface area contributed by atoms with Gasteiger partial charge in [0.15, 0.2) is 0 Å². The van der Waals surface area contributed by atoms with E-state index in [2.05, 4.69) is 24.9 Å². The Hall–Kier alpha value is -2.57. The number of H-pyrrole nitrogens is 1. The summed E-state index contributed by atoms with van der Waals surface area (Å²) in [6.45, 7) is 1.95. The lowest BCUT2D eigenvalue weighted by Gasteiger charge is -2.04. The monoisotopic (exact) mass is 274 g/mol. The van der Waals surface area contributed by atoms with Gasteiger partial charge in [-0.1, -0.05) is 19.1 Å². The number of aryl methyl sites for hydroxylation is 1. The normalized spacial score (nSPS) is 11.1. The second-order valence-electron chi connectivity index (χ2n) is 4.41. The van der Waals surface area contributed by atoms with Crippen molar-refractivity contribution in [2.24, 2.45) is 0 Å². The first-order chi connectivity index (χ1) is 9.67. The zero-order chi connectivity index (χ0) is 14.1. The first kappa shape index (κ1) is 12.5. The number of nitrogens with one attached hydrogen (secondary N) is 1. The van der Waals surface area contributed by atoms with Gasteiger partial charge in [0.2, 0.25) is 11.3 Å². The zero-order valence-electron chi connectivity index (χ0n) is 10.7. The number of hydrogen-bond acceptors (Lipinski definition) is 5. The van der Waals surface area contributed by atoms with Gasteiger partial charge in [0, 0.05) is 6.42 Å². The third kappa shape index (κ3) is 2.18. The molecule has 0 amide bonds. The van der Waals surface area contributed by atoms with Gasteiger partial charge >= 0.3 is 0 Å². The summed E-state index contributed by atoms with van der Waals surface area (Å²) in [5.41, 5.74) is 1.45. The molecule has 20 heavy (non-hydrogen) atoms. The molecule has 0 saturated heterocycles. The van der Waals surface area contributed by atoms with Gasteiger partial charge in [-0.3, -0.25) is 9.78 Å². The van der Waals surface area contributed by atoms with Crippen molar-refractivity contribution in [3.8, 4) is 0 Å². The molecule has 7 heteroatoms. The van der Waals surface area contributed by atoms with Crippen molar-refractivity contribution in [1.82, 2.24) is 20.3 Å². The van der Waals surface area contributed by atoms with E-state index in [4.69, 9.17) is 0 Å². The summed E-state index contributed by atoms with van der Waals surface area (Å²) in [5.74, 6) is -0.344. The Labute approximate surface area is 112 Å². The Morgan fingerprint density at radius 2 is 2.20 bits per heavy atom. The largest absolute Gasteiger partial charge is 0.299 e. The Kier molecular flexibility index (Phi) is 3.02. The molecule has 0 radical (unpaired) electrons. The minimum Gasteiger partial charge on any atom is -0.299 e. The van der Waals surface area contributed by atoms with Crippen LogP contribution >= 0.6 is 0 Å². The predicted octanol–water partition coefficient (Wildman–Crippen LogP) is 1.60. The smallest absolute Gasteiger partial charge is 0.271 e. The lowest BCUT2D eigenvalue weighted by molar-refractivity contribution is 0.314. The average Bonchev–Trinajstić information content (AvgIpc) is 2.88. The fourth-order valence-electron chi connectivity index (χ4n) is 1.95. The van der Waals surface area contributed by atoms with Gasteiger partial charge in [0.25, 0.3) is 5.56 Å². The van der Waals surface area contributed by atoms with Crippen molar-refractivity contribution < 1.29 is 9.02 Å². The number of rotatable bonds is 3. The number of nitrogens with zero attached hydrogens (tertiary/aromatic N) is 3. The number of aromatic nitrogens is 4. The van der Waals surface area contributed by atoms with Crippen molar-refractivity contribution >= 4 is 11.3 Å². The van der Waals surface area contributed by atoms with Gasteiger partial charge in [-0.05, 0) is 33.9 Å². The van der Waals surface area contributed by atoms with Gasteiger partial charge in [0.1, 0.15) is 11.5 Å². The van der Waals surface area contributed by atoms with Crippen LogP contribution in [0.2, 0.25) is 0 Å². The molecule has 0 fully saturated rings. The summed E-state index contributed by atoms with van der Waals surface area (Å²) in [6.07, 6.45) is 0.848. The van der Waals surface area contributed by atoms with Crippen molar-refractivity contribution in [1.29, 1.82) is 0 Å². The quantitative estimate of drug-likeness (QED) is 0.784. The van der Waals surface area contributed by atoms with E-state index >= 15 is 0 Å². The molecule has 0 saturated carbocycles. The molecular formula is C13H11FN4O2. The van der Waals surface area contributed by atoms with Gasteiger partial charge in [0.05, 0.1) is 0 Å². The predicted molar refractivity (Wildman–Crippen MR) is 68.8 cm³/mol. The topological polar surface area (TPSA) is 84.7 Å². The van der Waals surface area contributed by atoms with E-state index in [9.17, 15) is 9.18 Å². The van der Waals surface area contributed by atoms with Crippen LogP contribution in [0.25, 0.3) is 11.3 Å². The summed E-state index contributed by atoms with van der Waals surface area (Å²) in [5, 5.41) is 7.04. The fourth-order valence-corrected chi connectivity index (χ4v) is 1.95. The molecule has 3 aromatic rings. The highest BCUT2D eigenvalue weighted by atomic mass is 19.1. The standard InChI is InChI=1S/C13H11FN4O2/c1-2-7-3-4-8(9(14)5-7)6-10-13(19)16-12-11(15-10)17-20-18-12/h3-5H,2,6H2,1H3,(H,16,18,19). The maximum absolute atomic E-state index is 13.9. The molecule has 0 aliphatic heterocycles. The molecule has 2 aromatic heterocycles. The van der Waals surface area contributed by atoms with Gasteiger partial charge in [-0.15, -0.1) is 0 Å². The molecule has 0 unspecified atom stereocenters. The van der Waals surface area contributed by atoms with Crippen LogP contribution in [0.15, 0.2) is 27.6 Å². The van der Waals surface area contributed by atoms with E-state index in [0.717, 1.165) is 12.0 Å². The number of aromatic amines is 1. The van der Waals surface area contributed by atoms with Crippen LogP contribution < -0.4 is 5.56 Å². The molecule has 0 aliphatic carbocycles. The van der Waals surface area contributed by atoms with Crippen molar-refractivity contribution in [2.75, 3.05) is 0 Å². The molecule has 0 aliphatic rings. The Bertz CT molecular complexity index is 825. The lowest BCUT2D eigenvalue weighted by atomic mass is 10.1. The molecule has 0 spiro atoms. The molecule has 102 valence electrons. The van der Waals surface area contributed by atoms with Crippen LogP contribution in [0.1, 0.15) is 23.7 Å². The van der Waals surface area contributed by atoms with Crippen LogP contribution in [0, 0.1) is 5.82 Å². The van der Waals surface area contributed by atoms with Gasteiger partial charge in [-0.2, -0.15) is 0 Å². The Morgan fingerprint density at radius 1 is 1.35 bits per heavy atom. The Morgan fingerprint density at radius 3 is 2.95 bits per heavy atom. The van der Waals surface area contributed by atoms with E-state index < -0.39 is 5.56 Å². The number of hydrogen-bond donors (Lipinski definition) is 1. The van der Waals surface area contributed by atoms with E-state index in [-0.39, 0.29) is 29.2 Å². The first-order valence-electron chi connectivity index (χ1n) is 6.16. The molecule has 3 rings (SSSR count). The highest BCUT2D eigenvalue weighted by molar-refractivity contribution is 5.62.